The standard InChI is InChI=1S/C21H23NO7/c1-9-17(26)15(11(3)24)19-16(18(9)27)21(4)13(29-19)8-12(25)14(20(21)28)10(2)22-6-5-7-23/h8,22-23,26-27H,5-7H2,1-4H3. The Labute approximate surface area is 167 Å². The maximum Gasteiger partial charge on any atom is 0.194 e. The Balaban J connectivity index is 2.25. The summed E-state index contributed by atoms with van der Waals surface area (Å²) < 4.78 is 5.69. The minimum Gasteiger partial charge on any atom is -0.507 e. The van der Waals surface area contributed by atoms with Crippen molar-refractivity contribution in [2.75, 3.05) is 13.2 Å². The fraction of sp³-hybridized carbons (Fsp3) is 0.381. The zero-order valence-electron chi connectivity index (χ0n) is 16.7. The smallest absolute Gasteiger partial charge is 0.194 e. The highest BCUT2D eigenvalue weighted by Crippen LogP contribution is 2.57. The minimum absolute atomic E-state index is 0.00259. The predicted molar refractivity (Wildman–Crippen MR) is 103 cm³/mol. The normalized spacial score (nSPS) is 21.9. The first kappa shape index (κ1) is 20.6. The van der Waals surface area contributed by atoms with Crippen molar-refractivity contribution in [3.05, 3.63) is 39.8 Å². The average molecular weight is 401 g/mol. The number of rotatable bonds is 5. The highest BCUT2D eigenvalue weighted by atomic mass is 16.5. The largest absolute Gasteiger partial charge is 0.507 e. The number of hydrogen-bond donors (Lipinski definition) is 4. The number of Topliss-reactive ketones (excluding diaryl/α,β-unsaturated/α-hetero) is 2. The first-order valence-corrected chi connectivity index (χ1v) is 9.21. The summed E-state index contributed by atoms with van der Waals surface area (Å²) >= 11 is 0. The first-order valence-electron chi connectivity index (χ1n) is 9.21. The Hall–Kier alpha value is -3.13. The molecule has 1 aromatic rings. The molecular weight excluding hydrogens is 378 g/mol. The van der Waals surface area contributed by atoms with Crippen molar-refractivity contribution in [3.63, 3.8) is 0 Å². The number of aromatic hydroxyl groups is 2. The number of ether oxygens (including phenoxy) is 1. The van der Waals surface area contributed by atoms with Gasteiger partial charge in [0.2, 0.25) is 0 Å². The van der Waals surface area contributed by atoms with Gasteiger partial charge < -0.3 is 25.4 Å². The van der Waals surface area contributed by atoms with E-state index in [0.29, 0.717) is 18.7 Å². The van der Waals surface area contributed by atoms with E-state index in [9.17, 15) is 24.6 Å². The Kier molecular flexibility index (Phi) is 5.00. The number of benzene rings is 1. The fourth-order valence-electron chi connectivity index (χ4n) is 3.81. The van der Waals surface area contributed by atoms with Crippen molar-refractivity contribution < 1.29 is 34.4 Å². The lowest BCUT2D eigenvalue weighted by atomic mass is 9.70. The third kappa shape index (κ3) is 2.82. The number of aliphatic hydroxyl groups excluding tert-OH is 1. The molecule has 0 radical (unpaired) electrons. The third-order valence-electron chi connectivity index (χ3n) is 5.48. The topological polar surface area (TPSA) is 133 Å². The lowest BCUT2D eigenvalue weighted by molar-refractivity contribution is -0.123. The monoisotopic (exact) mass is 401 g/mol. The number of hydrogen-bond acceptors (Lipinski definition) is 8. The van der Waals surface area contributed by atoms with Gasteiger partial charge in [0.1, 0.15) is 34.0 Å². The van der Waals surface area contributed by atoms with Crippen molar-refractivity contribution in [1.29, 1.82) is 0 Å². The fourth-order valence-corrected chi connectivity index (χ4v) is 3.81. The van der Waals surface area contributed by atoms with Gasteiger partial charge in [0.15, 0.2) is 17.3 Å². The number of carbonyl (C=O) groups is 3. The van der Waals surface area contributed by atoms with Gasteiger partial charge in [-0.15, -0.1) is 0 Å². The predicted octanol–water partition coefficient (Wildman–Crippen LogP) is 1.54. The number of allylic oxidation sites excluding steroid dienone is 4. The molecule has 0 fully saturated rings. The van der Waals surface area contributed by atoms with Crippen molar-refractivity contribution in [2.45, 2.75) is 39.5 Å². The number of nitrogens with one attached hydrogen (secondary N) is 1. The van der Waals surface area contributed by atoms with E-state index in [0.717, 1.165) is 0 Å². The first-order chi connectivity index (χ1) is 13.6. The Morgan fingerprint density at radius 2 is 1.86 bits per heavy atom. The molecule has 1 aliphatic heterocycles. The van der Waals surface area contributed by atoms with Gasteiger partial charge in [0.25, 0.3) is 0 Å². The molecule has 1 aliphatic carbocycles. The summed E-state index contributed by atoms with van der Waals surface area (Å²) in [5.41, 5.74) is -1.29. The lowest BCUT2D eigenvalue weighted by Crippen LogP contribution is -2.41. The van der Waals surface area contributed by atoms with Crippen LogP contribution in [0.5, 0.6) is 17.2 Å². The molecule has 1 unspecified atom stereocenters. The number of phenols is 2. The van der Waals surface area contributed by atoms with E-state index < -0.39 is 28.5 Å². The maximum atomic E-state index is 13.5. The molecular formula is C21H23NO7. The SMILES string of the molecule is CC(=O)c1c(O)c(C)c(O)c2c1OC1=CC(=O)C(=C(C)NCCCO)C(=O)C12C. The van der Waals surface area contributed by atoms with Crippen LogP contribution in [0.3, 0.4) is 0 Å². The van der Waals surface area contributed by atoms with Crippen LogP contribution in [0.25, 0.3) is 0 Å². The van der Waals surface area contributed by atoms with E-state index in [2.05, 4.69) is 5.32 Å². The van der Waals surface area contributed by atoms with E-state index in [1.807, 2.05) is 0 Å². The van der Waals surface area contributed by atoms with E-state index in [1.54, 1.807) is 6.92 Å². The van der Waals surface area contributed by atoms with Gasteiger partial charge in [-0.05, 0) is 34.1 Å². The molecule has 0 saturated heterocycles. The number of phenolic OH excluding ortho intramolecular Hbond substituents is 2. The number of aliphatic hydroxyl groups is 1. The summed E-state index contributed by atoms with van der Waals surface area (Å²) in [6, 6.07) is 0. The Morgan fingerprint density at radius 1 is 1.21 bits per heavy atom. The molecule has 0 spiro atoms. The van der Waals surface area contributed by atoms with Gasteiger partial charge >= 0.3 is 0 Å². The molecule has 29 heavy (non-hydrogen) atoms. The number of carbonyl (C=O) groups excluding carboxylic acids is 3. The Bertz CT molecular complexity index is 1020. The molecule has 0 bridgehead atoms. The van der Waals surface area contributed by atoms with Crippen molar-refractivity contribution in [3.8, 4) is 17.2 Å². The molecule has 0 aromatic heterocycles. The van der Waals surface area contributed by atoms with E-state index in [4.69, 9.17) is 9.84 Å². The zero-order chi connectivity index (χ0) is 21.7. The summed E-state index contributed by atoms with van der Waals surface area (Å²) in [5, 5.41) is 32.9. The summed E-state index contributed by atoms with van der Waals surface area (Å²) in [4.78, 5) is 38.2. The third-order valence-corrected chi connectivity index (χ3v) is 5.48. The van der Waals surface area contributed by atoms with Gasteiger partial charge in [-0.2, -0.15) is 0 Å². The van der Waals surface area contributed by atoms with Crippen LogP contribution >= 0.6 is 0 Å². The molecule has 2 aliphatic rings. The van der Waals surface area contributed by atoms with Crippen molar-refractivity contribution in [2.24, 2.45) is 0 Å². The molecule has 0 saturated carbocycles. The second-order valence-corrected chi connectivity index (χ2v) is 7.39. The second-order valence-electron chi connectivity index (χ2n) is 7.39. The van der Waals surface area contributed by atoms with Crippen LogP contribution in [0.2, 0.25) is 0 Å². The summed E-state index contributed by atoms with van der Waals surface area (Å²) in [6.07, 6.45) is 1.61. The molecule has 1 heterocycles. The molecule has 154 valence electrons. The molecule has 0 amide bonds. The molecule has 1 atom stereocenters. The van der Waals surface area contributed by atoms with Gasteiger partial charge in [-0.3, -0.25) is 14.4 Å². The van der Waals surface area contributed by atoms with E-state index in [-0.39, 0.29) is 46.1 Å². The van der Waals surface area contributed by atoms with E-state index >= 15 is 0 Å². The molecule has 3 rings (SSSR count). The molecule has 4 N–H and O–H groups in total. The number of fused-ring (bicyclic) bond motifs is 3. The van der Waals surface area contributed by atoms with Gasteiger partial charge in [0, 0.05) is 30.5 Å². The van der Waals surface area contributed by atoms with Crippen LogP contribution < -0.4 is 10.1 Å². The molecule has 8 heteroatoms. The van der Waals surface area contributed by atoms with Crippen LogP contribution in [-0.4, -0.2) is 45.8 Å². The quantitative estimate of drug-likeness (QED) is 0.253. The van der Waals surface area contributed by atoms with Crippen LogP contribution in [0.1, 0.15) is 48.7 Å². The minimum atomic E-state index is -1.52. The summed E-state index contributed by atoms with van der Waals surface area (Å²) in [6.45, 7) is 6.11. The van der Waals surface area contributed by atoms with Gasteiger partial charge in [-0.1, -0.05) is 0 Å². The average Bonchev–Trinajstić information content (AvgIpc) is 2.93. The van der Waals surface area contributed by atoms with Crippen molar-refractivity contribution >= 4 is 17.3 Å². The van der Waals surface area contributed by atoms with E-state index in [1.165, 1.54) is 26.8 Å². The summed E-state index contributed by atoms with van der Waals surface area (Å²) in [5.74, 6) is -2.54. The van der Waals surface area contributed by atoms with Gasteiger partial charge in [0.05, 0.1) is 11.1 Å². The summed E-state index contributed by atoms with van der Waals surface area (Å²) in [7, 11) is 0. The Morgan fingerprint density at radius 3 is 2.45 bits per heavy atom. The van der Waals surface area contributed by atoms with Crippen molar-refractivity contribution in [1.82, 2.24) is 5.32 Å². The van der Waals surface area contributed by atoms with Crippen LogP contribution in [0, 0.1) is 6.92 Å². The second kappa shape index (κ2) is 7.04. The zero-order valence-corrected chi connectivity index (χ0v) is 16.7. The highest BCUT2D eigenvalue weighted by Gasteiger charge is 2.56. The lowest BCUT2D eigenvalue weighted by Gasteiger charge is -2.29. The van der Waals surface area contributed by atoms with Crippen LogP contribution in [0.4, 0.5) is 0 Å². The highest BCUT2D eigenvalue weighted by molar-refractivity contribution is 6.31. The molecule has 8 nitrogen and oxygen atoms in total. The van der Waals surface area contributed by atoms with Gasteiger partial charge in [-0.25, -0.2) is 0 Å². The molecule has 1 aromatic carbocycles. The van der Waals surface area contributed by atoms with Crippen LogP contribution in [0.15, 0.2) is 23.1 Å². The van der Waals surface area contributed by atoms with Crippen LogP contribution in [-0.2, 0) is 15.0 Å². The number of ketones is 3. The maximum absolute atomic E-state index is 13.5.